The molecule has 0 amide bonds. The summed E-state index contributed by atoms with van der Waals surface area (Å²) in [6.45, 7) is 61.3. The number of halogens is 5. The largest absolute Gasteiger partial charge is 1.00 e. The van der Waals surface area contributed by atoms with Crippen LogP contribution in [0.5, 0.6) is 0 Å². The Kier molecular flexibility index (Phi) is 81.1. The number of rotatable bonds is 45. The molecule has 0 aromatic rings. The first kappa shape index (κ1) is 123. The van der Waals surface area contributed by atoms with Crippen molar-refractivity contribution < 1.29 is 134 Å². The number of aliphatic hydroxyl groups is 10. The Labute approximate surface area is 667 Å². The van der Waals surface area contributed by atoms with Gasteiger partial charge >= 0.3 is 0 Å². The summed E-state index contributed by atoms with van der Waals surface area (Å²) >= 11 is 0. The molecule has 98 heavy (non-hydrogen) atoms. The van der Waals surface area contributed by atoms with E-state index in [1.807, 2.05) is 0 Å². The van der Waals surface area contributed by atoms with E-state index < -0.39 is 66.8 Å². The first-order chi connectivity index (χ1) is 42.8. The van der Waals surface area contributed by atoms with Gasteiger partial charge in [-0.15, -0.1) is 0 Å². The van der Waals surface area contributed by atoms with Crippen molar-refractivity contribution in [3.05, 3.63) is 0 Å². The van der Waals surface area contributed by atoms with E-state index >= 15 is 0 Å². The smallest absolute Gasteiger partial charge is 0.110 e. The monoisotopic (exact) mass is 1780 g/mol. The van der Waals surface area contributed by atoms with Crippen LogP contribution >= 0.6 is 36.3 Å². The zero-order valence-corrected chi connectivity index (χ0v) is 81.1. The minimum absolute atomic E-state index is 0. The number of unbranched alkanes of at least 4 members (excludes halogenated alkanes) is 9. The van der Waals surface area contributed by atoms with E-state index in [9.17, 15) is 35.7 Å². The Hall–Kier alpha value is 4.02. The van der Waals surface area contributed by atoms with Gasteiger partial charge in [-0.1, -0.05) is 120 Å². The Balaban J connectivity index is -0.000000122. The van der Waals surface area contributed by atoms with Gasteiger partial charge < -0.3 is 134 Å². The lowest BCUT2D eigenvalue weighted by Gasteiger charge is -2.55. The van der Waals surface area contributed by atoms with Gasteiger partial charge in [-0.05, 0) is 182 Å². The molecule has 20 heteroatoms. The summed E-state index contributed by atoms with van der Waals surface area (Å²) < 4.78 is 0. The second-order valence-electron chi connectivity index (χ2n) is 34.4. The molecule has 10 nitrogen and oxygen atoms in total. The van der Waals surface area contributed by atoms with E-state index in [0.717, 1.165) is 31.6 Å². The minimum atomic E-state index is -1.53. The van der Waals surface area contributed by atoms with Crippen LogP contribution in [0.1, 0.15) is 322 Å². The summed E-state index contributed by atoms with van der Waals surface area (Å²) in [5, 5.41) is 95.6. The molecule has 608 valence electrons. The molecule has 0 aliphatic heterocycles. The lowest BCUT2D eigenvalue weighted by Crippen LogP contribution is -3.00. The standard InChI is InChI=1S/3C16H36O2P.2C15H34O2P.2BrH.2ClH.HI/c3*1-4-7-11-19(12-8-5-2,13-9-6-3)14-10-16(18)15-17;2*1-13(2,3)18(14(4,5)6,15(7,8)9)11-12(17)10-16;;;;;/h3*16-18H,4-15H2,1-3H3;2*12,16-17H,10-11H2,1-9H3;5*1H/q5*+1;;;;;/p-5. The zero-order valence-electron chi connectivity index (χ0n) is 69.8. The van der Waals surface area contributed by atoms with E-state index in [-0.39, 0.29) is 147 Å². The van der Waals surface area contributed by atoms with Crippen LogP contribution in [0, 0.1) is 0 Å². The van der Waals surface area contributed by atoms with Crippen molar-refractivity contribution in [2.45, 2.75) is 383 Å². The van der Waals surface area contributed by atoms with Gasteiger partial charge in [0.1, 0.15) is 12.2 Å². The fourth-order valence-electron chi connectivity index (χ4n) is 16.4. The second-order valence-corrected chi connectivity index (χ2v) is 59.9. The van der Waals surface area contributed by atoms with E-state index in [1.165, 1.54) is 190 Å². The lowest BCUT2D eigenvalue weighted by molar-refractivity contribution is -0.00100. The van der Waals surface area contributed by atoms with Gasteiger partial charge in [0, 0.05) is 55.6 Å². The van der Waals surface area contributed by atoms with Crippen LogP contribution < -0.4 is 82.8 Å². The van der Waals surface area contributed by atoms with Crippen molar-refractivity contribution in [3.63, 3.8) is 0 Å². The summed E-state index contributed by atoms with van der Waals surface area (Å²) in [7, 11) is -5.71. The Morgan fingerprint density at radius 1 is 0.235 bits per heavy atom. The molecule has 0 radical (unpaired) electrons. The highest BCUT2D eigenvalue weighted by Crippen LogP contribution is 2.84. The molecule has 0 rings (SSSR count). The Bertz CT molecular complexity index is 1420. The first-order valence-electron chi connectivity index (χ1n) is 38.6. The van der Waals surface area contributed by atoms with Crippen LogP contribution in [-0.4, -0.2) is 232 Å². The highest BCUT2D eigenvalue weighted by Gasteiger charge is 2.66. The average Bonchev–Trinajstić information content (AvgIpc) is 0.736. The maximum atomic E-state index is 10.1. The fraction of sp³-hybridized carbons (Fsp3) is 1.00. The predicted molar refractivity (Wildman–Crippen MR) is 435 cm³/mol. The van der Waals surface area contributed by atoms with Gasteiger partial charge in [-0.3, -0.25) is 0 Å². The molecule has 0 saturated heterocycles. The minimum Gasteiger partial charge on any atom is -1.00 e. The molecule has 0 aliphatic rings. The van der Waals surface area contributed by atoms with Crippen molar-refractivity contribution in [1.82, 2.24) is 0 Å². The second kappa shape index (κ2) is 64.7. The molecule has 0 saturated carbocycles. The third kappa shape index (κ3) is 49.3. The van der Waals surface area contributed by atoms with Crippen molar-refractivity contribution in [1.29, 1.82) is 0 Å². The van der Waals surface area contributed by atoms with Gasteiger partial charge in [0.2, 0.25) is 0 Å². The highest BCUT2D eigenvalue weighted by molar-refractivity contribution is 7.80. The Morgan fingerprint density at radius 2 is 0.357 bits per heavy atom. The van der Waals surface area contributed by atoms with Gasteiger partial charge in [0.25, 0.3) is 0 Å². The Morgan fingerprint density at radius 3 is 0.449 bits per heavy atom. The predicted octanol–water partition coefficient (Wildman–Crippen LogP) is 4.97. The zero-order chi connectivity index (χ0) is 73.7. The van der Waals surface area contributed by atoms with E-state index in [0.29, 0.717) is 0 Å². The molecule has 5 unspecified atom stereocenters. The van der Waals surface area contributed by atoms with Crippen molar-refractivity contribution in [2.24, 2.45) is 0 Å². The van der Waals surface area contributed by atoms with Crippen LogP contribution in [0.15, 0.2) is 0 Å². The maximum Gasteiger partial charge on any atom is 0.110 e. The molecule has 0 spiro atoms. The third-order valence-electron chi connectivity index (χ3n) is 20.6. The van der Waals surface area contributed by atoms with Crippen LogP contribution in [0.3, 0.4) is 0 Å². The van der Waals surface area contributed by atoms with Crippen molar-refractivity contribution in [2.75, 3.05) is 119 Å². The van der Waals surface area contributed by atoms with Gasteiger partial charge in [-0.25, -0.2) is 0 Å². The SMILES string of the molecule is CC(C)(C)[P+](CC(O)CO)(C(C)(C)C)C(C)(C)C.CC(C)(C)[P+](CC(O)CO)(C(C)(C)C)C(C)(C)C.CCCC[P+](CCCC)(CCCC)CCC(O)CO.CCCC[P+](CCCC)(CCCC)CCC(O)CO.CCCC[P+](CCCC)(CCCC)CCC(O)CO.[Br-].[Br-].[Cl-].[Cl-].[I-]. The highest BCUT2D eigenvalue weighted by atomic mass is 127. The molecule has 5 atom stereocenters. The topological polar surface area (TPSA) is 202 Å². The molecular weight excluding hydrogens is 1610 g/mol. The molecule has 0 aromatic heterocycles. The summed E-state index contributed by atoms with van der Waals surface area (Å²) in [4.78, 5) is 0. The molecule has 0 fully saturated rings. The van der Waals surface area contributed by atoms with Crippen LogP contribution in [0.25, 0.3) is 0 Å². The third-order valence-corrected chi connectivity index (χ3v) is 51.3. The van der Waals surface area contributed by atoms with Crippen LogP contribution in [0.4, 0.5) is 0 Å². The number of hydrogen-bond acceptors (Lipinski definition) is 10. The number of aliphatic hydroxyl groups excluding tert-OH is 10. The van der Waals surface area contributed by atoms with E-state index in [2.05, 4.69) is 187 Å². The normalized spacial score (nSPS) is 14.2. The lowest BCUT2D eigenvalue weighted by atomic mass is 10.2. The molecule has 0 aromatic carbocycles. The summed E-state index contributed by atoms with van der Waals surface area (Å²) in [6, 6.07) is 0. The van der Waals surface area contributed by atoms with Crippen molar-refractivity contribution >= 4 is 36.3 Å². The van der Waals surface area contributed by atoms with Gasteiger partial charge in [0.05, 0.1) is 169 Å². The summed E-state index contributed by atoms with van der Waals surface area (Å²) in [5.74, 6) is 0. The first-order valence-corrected chi connectivity index (χ1v) is 50.1. The molecule has 10 N–H and O–H groups in total. The van der Waals surface area contributed by atoms with E-state index in [1.54, 1.807) is 0 Å². The van der Waals surface area contributed by atoms with Gasteiger partial charge in [0.15, 0.2) is 0 Å². The molecule has 0 bridgehead atoms. The average molecular weight is 1790 g/mol. The summed E-state index contributed by atoms with van der Waals surface area (Å²) in [5.41, 5.74) is 0. The van der Waals surface area contributed by atoms with E-state index in [4.69, 9.17) is 15.3 Å². The maximum absolute atomic E-state index is 10.1. The molecule has 0 heterocycles. The molecule has 0 aliphatic carbocycles. The van der Waals surface area contributed by atoms with Crippen molar-refractivity contribution in [3.8, 4) is 0 Å². The summed E-state index contributed by atoms with van der Waals surface area (Å²) in [6.07, 6.45) is 41.0. The quantitative estimate of drug-likeness (QED) is 0.0294. The fourth-order valence-corrected chi connectivity index (χ4v) is 48.7. The van der Waals surface area contributed by atoms with Gasteiger partial charge in [-0.2, -0.15) is 0 Å². The number of hydrogen-bond donors (Lipinski definition) is 10. The molecular formula is C78H176Br2Cl2IO10P5. The van der Waals surface area contributed by atoms with Crippen LogP contribution in [0.2, 0.25) is 0 Å². The van der Waals surface area contributed by atoms with Crippen LogP contribution in [-0.2, 0) is 0 Å².